The van der Waals surface area contributed by atoms with Gasteiger partial charge < -0.3 is 19.8 Å². The van der Waals surface area contributed by atoms with Crippen molar-refractivity contribution < 1.29 is 19.1 Å². The first kappa shape index (κ1) is 18.6. The molecule has 0 aliphatic heterocycles. The zero-order chi connectivity index (χ0) is 18.6. The zero-order valence-electron chi connectivity index (χ0n) is 15.2. The second-order valence-corrected chi connectivity index (χ2v) is 5.80. The fourth-order valence-electron chi connectivity index (χ4n) is 2.73. The van der Waals surface area contributed by atoms with Gasteiger partial charge in [0.05, 0.1) is 31.0 Å². The summed E-state index contributed by atoms with van der Waals surface area (Å²) in [6.45, 7) is 7.34. The van der Waals surface area contributed by atoms with Crippen molar-refractivity contribution in [2.45, 2.75) is 33.7 Å². The first-order valence-electron chi connectivity index (χ1n) is 8.20. The summed E-state index contributed by atoms with van der Waals surface area (Å²) in [6.07, 6.45) is 0. The number of anilines is 1. The van der Waals surface area contributed by atoms with Crippen LogP contribution in [0.4, 0.5) is 5.69 Å². The lowest BCUT2D eigenvalue weighted by atomic mass is 10.0. The molecule has 1 unspecified atom stereocenters. The lowest BCUT2D eigenvalue weighted by molar-refractivity contribution is 0.0525. The van der Waals surface area contributed by atoms with Crippen LogP contribution in [-0.4, -0.2) is 36.5 Å². The van der Waals surface area contributed by atoms with Crippen molar-refractivity contribution in [3.8, 4) is 5.75 Å². The van der Waals surface area contributed by atoms with Gasteiger partial charge in [0.2, 0.25) is 5.78 Å². The van der Waals surface area contributed by atoms with Crippen molar-refractivity contribution >= 4 is 17.4 Å². The maximum atomic E-state index is 12.8. The van der Waals surface area contributed by atoms with Gasteiger partial charge in [-0.25, -0.2) is 4.79 Å². The Morgan fingerprint density at radius 2 is 1.84 bits per heavy atom. The highest BCUT2D eigenvalue weighted by atomic mass is 16.5. The first-order chi connectivity index (χ1) is 11.9. The molecule has 6 heteroatoms. The number of ketones is 1. The number of esters is 1. The molecule has 6 nitrogen and oxygen atoms in total. The third-order valence-electron chi connectivity index (χ3n) is 4.03. The molecule has 0 bridgehead atoms. The van der Waals surface area contributed by atoms with Crippen molar-refractivity contribution in [2.24, 2.45) is 0 Å². The standard InChI is InChI=1S/C19H24N2O4/c1-6-25-19(23)16-11(2)17(21-12(16)3)18(22)13(4)20-14-7-9-15(24-5)10-8-14/h7-10,13,20-21H,6H2,1-5H3. The molecule has 0 amide bonds. The number of aromatic nitrogens is 1. The van der Waals surface area contributed by atoms with E-state index in [1.165, 1.54) is 0 Å². The summed E-state index contributed by atoms with van der Waals surface area (Å²) >= 11 is 0. The molecule has 0 aliphatic carbocycles. The number of H-pyrrole nitrogens is 1. The number of hydrogen-bond acceptors (Lipinski definition) is 5. The predicted octanol–water partition coefficient (Wildman–Crippen LogP) is 3.50. The van der Waals surface area contributed by atoms with E-state index in [4.69, 9.17) is 9.47 Å². The van der Waals surface area contributed by atoms with E-state index in [0.29, 0.717) is 29.1 Å². The van der Waals surface area contributed by atoms with E-state index in [1.807, 2.05) is 24.3 Å². The molecular formula is C19H24N2O4. The van der Waals surface area contributed by atoms with Gasteiger partial charge in [-0.3, -0.25) is 4.79 Å². The Hall–Kier alpha value is -2.76. The van der Waals surface area contributed by atoms with E-state index < -0.39 is 12.0 Å². The summed E-state index contributed by atoms with van der Waals surface area (Å²) in [5.41, 5.74) is 2.92. The predicted molar refractivity (Wildman–Crippen MR) is 96.6 cm³/mol. The Labute approximate surface area is 147 Å². The van der Waals surface area contributed by atoms with Crippen molar-refractivity contribution in [3.63, 3.8) is 0 Å². The number of benzene rings is 1. The second-order valence-electron chi connectivity index (χ2n) is 5.80. The molecular weight excluding hydrogens is 320 g/mol. The number of aryl methyl sites for hydroxylation is 1. The van der Waals surface area contributed by atoms with Gasteiger partial charge in [0.15, 0.2) is 0 Å². The number of carbonyl (C=O) groups excluding carboxylic acids is 2. The molecule has 0 spiro atoms. The molecule has 0 saturated heterocycles. The minimum atomic E-state index is -0.458. The maximum absolute atomic E-state index is 12.8. The molecule has 1 aromatic carbocycles. The van der Waals surface area contributed by atoms with Crippen molar-refractivity contribution in [1.82, 2.24) is 4.98 Å². The number of rotatable bonds is 7. The molecule has 134 valence electrons. The van der Waals surface area contributed by atoms with Gasteiger partial charge in [-0.1, -0.05) is 0 Å². The first-order valence-corrected chi connectivity index (χ1v) is 8.20. The third-order valence-corrected chi connectivity index (χ3v) is 4.03. The number of carbonyl (C=O) groups is 2. The van der Waals surface area contributed by atoms with Crippen LogP contribution < -0.4 is 10.1 Å². The van der Waals surface area contributed by atoms with Crippen LogP contribution in [0.1, 0.15) is 46.0 Å². The number of nitrogens with one attached hydrogen (secondary N) is 2. The average Bonchev–Trinajstić information content (AvgIpc) is 2.89. The Bertz CT molecular complexity index is 762. The van der Waals surface area contributed by atoms with Crippen LogP contribution in [0.2, 0.25) is 0 Å². The van der Waals surface area contributed by atoms with Crippen LogP contribution in [0, 0.1) is 13.8 Å². The van der Waals surface area contributed by atoms with Crippen LogP contribution in [0.5, 0.6) is 5.75 Å². The molecule has 0 radical (unpaired) electrons. The van der Waals surface area contributed by atoms with E-state index >= 15 is 0 Å². The smallest absolute Gasteiger partial charge is 0.340 e. The van der Waals surface area contributed by atoms with Gasteiger partial charge in [-0.05, 0) is 57.5 Å². The van der Waals surface area contributed by atoms with E-state index in [9.17, 15) is 9.59 Å². The van der Waals surface area contributed by atoms with Crippen molar-refractivity contribution in [2.75, 3.05) is 19.0 Å². The lowest BCUT2D eigenvalue weighted by Crippen LogP contribution is -2.27. The third kappa shape index (κ3) is 4.02. The second kappa shape index (κ2) is 7.88. The summed E-state index contributed by atoms with van der Waals surface area (Å²) < 4.78 is 10.2. The van der Waals surface area contributed by atoms with Crippen molar-refractivity contribution in [3.05, 3.63) is 46.8 Å². The van der Waals surface area contributed by atoms with Crippen molar-refractivity contribution in [1.29, 1.82) is 0 Å². The quantitative estimate of drug-likeness (QED) is 0.593. The van der Waals surface area contributed by atoms with Gasteiger partial charge in [-0.2, -0.15) is 0 Å². The molecule has 2 aromatic rings. The van der Waals surface area contributed by atoms with Crippen LogP contribution >= 0.6 is 0 Å². The normalized spacial score (nSPS) is 11.7. The molecule has 1 aromatic heterocycles. The highest BCUT2D eigenvalue weighted by Gasteiger charge is 2.25. The van der Waals surface area contributed by atoms with E-state index in [0.717, 1.165) is 11.4 Å². The van der Waals surface area contributed by atoms with Gasteiger partial charge >= 0.3 is 5.97 Å². The fourth-order valence-corrected chi connectivity index (χ4v) is 2.73. The summed E-state index contributed by atoms with van der Waals surface area (Å²) in [6, 6.07) is 6.88. The fraction of sp³-hybridized carbons (Fsp3) is 0.368. The van der Waals surface area contributed by atoms with Crippen LogP contribution in [0.3, 0.4) is 0 Å². The number of hydrogen-bond donors (Lipinski definition) is 2. The average molecular weight is 344 g/mol. The highest BCUT2D eigenvalue weighted by Crippen LogP contribution is 2.22. The number of methoxy groups -OCH3 is 1. The van der Waals surface area contributed by atoms with Gasteiger partial charge in [-0.15, -0.1) is 0 Å². The zero-order valence-corrected chi connectivity index (χ0v) is 15.2. The van der Waals surface area contributed by atoms with E-state index in [2.05, 4.69) is 10.3 Å². The van der Waals surface area contributed by atoms with Crippen LogP contribution in [-0.2, 0) is 4.74 Å². The number of ether oxygens (including phenoxy) is 2. The minimum Gasteiger partial charge on any atom is -0.497 e. The summed E-state index contributed by atoms with van der Waals surface area (Å²) in [4.78, 5) is 27.9. The van der Waals surface area contributed by atoms with E-state index in [1.54, 1.807) is 34.8 Å². The Balaban J connectivity index is 2.18. The largest absolute Gasteiger partial charge is 0.497 e. The lowest BCUT2D eigenvalue weighted by Gasteiger charge is -2.14. The monoisotopic (exact) mass is 344 g/mol. The molecule has 25 heavy (non-hydrogen) atoms. The SMILES string of the molecule is CCOC(=O)c1c(C)[nH]c(C(=O)C(C)Nc2ccc(OC)cc2)c1C. The topological polar surface area (TPSA) is 80.4 Å². The van der Waals surface area contributed by atoms with Gasteiger partial charge in [0, 0.05) is 11.4 Å². The molecule has 0 saturated carbocycles. The highest BCUT2D eigenvalue weighted by molar-refractivity contribution is 6.04. The van der Waals surface area contributed by atoms with Crippen LogP contribution in [0.25, 0.3) is 0 Å². The molecule has 0 fully saturated rings. The maximum Gasteiger partial charge on any atom is 0.340 e. The molecule has 2 rings (SSSR count). The molecule has 0 aliphatic rings. The Morgan fingerprint density at radius 3 is 2.40 bits per heavy atom. The summed E-state index contributed by atoms with van der Waals surface area (Å²) in [5, 5.41) is 3.16. The molecule has 2 N–H and O–H groups in total. The Morgan fingerprint density at radius 1 is 1.20 bits per heavy atom. The molecule has 1 heterocycles. The minimum absolute atomic E-state index is 0.119. The Kier molecular flexibility index (Phi) is 5.85. The number of Topliss-reactive ketones (excluding diaryl/α,β-unsaturated/α-hetero) is 1. The number of aromatic amines is 1. The molecule has 1 atom stereocenters. The van der Waals surface area contributed by atoms with Crippen LogP contribution in [0.15, 0.2) is 24.3 Å². The van der Waals surface area contributed by atoms with Gasteiger partial charge in [0.25, 0.3) is 0 Å². The van der Waals surface area contributed by atoms with E-state index in [-0.39, 0.29) is 5.78 Å². The van der Waals surface area contributed by atoms with Gasteiger partial charge in [0.1, 0.15) is 5.75 Å². The summed E-state index contributed by atoms with van der Waals surface area (Å²) in [5.74, 6) is 0.218. The summed E-state index contributed by atoms with van der Waals surface area (Å²) in [7, 11) is 1.60.